The van der Waals surface area contributed by atoms with Crippen LogP contribution in [-0.2, 0) is 24.4 Å². The van der Waals surface area contributed by atoms with Crippen molar-refractivity contribution in [3.63, 3.8) is 0 Å². The van der Waals surface area contributed by atoms with E-state index in [9.17, 15) is 22.8 Å². The first-order valence-electron chi connectivity index (χ1n) is 12.2. The summed E-state index contributed by atoms with van der Waals surface area (Å²) in [6.07, 6.45) is 3.07. The lowest BCUT2D eigenvalue weighted by molar-refractivity contribution is -0.121. The third-order valence-electron chi connectivity index (χ3n) is 6.82. The lowest BCUT2D eigenvalue weighted by Crippen LogP contribution is -2.34. The molecule has 1 aliphatic rings. The second-order valence-electron chi connectivity index (χ2n) is 9.36. The summed E-state index contributed by atoms with van der Waals surface area (Å²) >= 11 is 0. The molecule has 0 aliphatic heterocycles. The van der Waals surface area contributed by atoms with E-state index in [1.165, 1.54) is 12.1 Å². The molecule has 0 heterocycles. The third kappa shape index (κ3) is 6.26. The molecule has 1 N–H and O–H groups in total. The number of hydrogen-bond donors (Lipinski definition) is 1. The van der Waals surface area contributed by atoms with Gasteiger partial charge in [-0.15, -0.1) is 0 Å². The van der Waals surface area contributed by atoms with E-state index < -0.39 is 21.8 Å². The summed E-state index contributed by atoms with van der Waals surface area (Å²) < 4.78 is 27.8. The van der Waals surface area contributed by atoms with Crippen LogP contribution in [0.3, 0.4) is 0 Å². The zero-order valence-electron chi connectivity index (χ0n) is 21.3. The minimum absolute atomic E-state index is 0.0446. The van der Waals surface area contributed by atoms with E-state index in [0.717, 1.165) is 17.5 Å². The van der Waals surface area contributed by atoms with Crippen molar-refractivity contribution in [2.24, 2.45) is 0 Å². The highest BCUT2D eigenvalue weighted by Gasteiger charge is 2.28. The lowest BCUT2D eigenvalue weighted by atomic mass is 9.83. The Labute approximate surface area is 213 Å². The number of Topliss-reactive ketones (excluding diaryl/α,β-unsaturated/α-hetero) is 2. The first-order chi connectivity index (χ1) is 17.0. The van der Waals surface area contributed by atoms with Crippen LogP contribution in [0.2, 0.25) is 0 Å². The SMILES string of the molecule is CC1=C(C)C(=O)C(CCCCCC(C(=O)NS(=O)(=O)c2ccc(C)cc2)c2ccccc2)=C(C)C1=O. The molecule has 6 nitrogen and oxygen atoms in total. The Bertz CT molecular complexity index is 1320. The molecular weight excluding hydrogens is 474 g/mol. The molecular formula is C29H33NO5S. The van der Waals surface area contributed by atoms with Crippen molar-refractivity contribution in [1.82, 2.24) is 4.72 Å². The van der Waals surface area contributed by atoms with Gasteiger partial charge in [0.25, 0.3) is 10.0 Å². The fourth-order valence-corrected chi connectivity index (χ4v) is 5.42. The quantitative estimate of drug-likeness (QED) is 0.346. The van der Waals surface area contributed by atoms with Gasteiger partial charge in [0.1, 0.15) is 0 Å². The lowest BCUT2D eigenvalue weighted by Gasteiger charge is -2.19. The number of hydrogen-bond acceptors (Lipinski definition) is 5. The number of amides is 1. The molecule has 0 bridgehead atoms. The fraction of sp³-hybridized carbons (Fsp3) is 0.345. The van der Waals surface area contributed by atoms with E-state index in [-0.39, 0.29) is 16.5 Å². The van der Waals surface area contributed by atoms with E-state index in [2.05, 4.69) is 4.72 Å². The summed E-state index contributed by atoms with van der Waals surface area (Å²) in [5, 5.41) is 0. The van der Waals surface area contributed by atoms with Gasteiger partial charge >= 0.3 is 0 Å². The molecule has 190 valence electrons. The van der Waals surface area contributed by atoms with Crippen LogP contribution in [-0.4, -0.2) is 25.9 Å². The zero-order valence-corrected chi connectivity index (χ0v) is 22.1. The zero-order chi connectivity index (χ0) is 26.5. The monoisotopic (exact) mass is 507 g/mol. The van der Waals surface area contributed by atoms with E-state index in [4.69, 9.17) is 0 Å². The van der Waals surface area contributed by atoms with Gasteiger partial charge in [0.05, 0.1) is 10.8 Å². The van der Waals surface area contributed by atoms with E-state index in [1.807, 2.05) is 37.3 Å². The van der Waals surface area contributed by atoms with Crippen molar-refractivity contribution in [1.29, 1.82) is 0 Å². The van der Waals surface area contributed by atoms with Crippen LogP contribution in [0.25, 0.3) is 0 Å². The molecule has 0 aromatic heterocycles. The van der Waals surface area contributed by atoms with Crippen LogP contribution in [0.5, 0.6) is 0 Å². The summed E-state index contributed by atoms with van der Waals surface area (Å²) in [5.74, 6) is -1.33. The molecule has 1 atom stereocenters. The van der Waals surface area contributed by atoms with Gasteiger partial charge in [-0.05, 0) is 64.7 Å². The Balaban J connectivity index is 1.64. The minimum atomic E-state index is -3.99. The van der Waals surface area contributed by atoms with Crippen molar-refractivity contribution in [2.75, 3.05) is 0 Å². The molecule has 0 spiro atoms. The van der Waals surface area contributed by atoms with Gasteiger partial charge in [-0.25, -0.2) is 13.1 Å². The predicted molar refractivity (Wildman–Crippen MR) is 140 cm³/mol. The first-order valence-corrected chi connectivity index (χ1v) is 13.7. The van der Waals surface area contributed by atoms with Crippen molar-refractivity contribution in [3.05, 3.63) is 88.0 Å². The Hall–Kier alpha value is -3.32. The largest absolute Gasteiger partial charge is 0.289 e. The summed E-state index contributed by atoms with van der Waals surface area (Å²) in [6.45, 7) is 6.94. The van der Waals surface area contributed by atoms with Gasteiger partial charge in [0.2, 0.25) is 5.91 Å². The fourth-order valence-electron chi connectivity index (χ4n) is 4.40. The van der Waals surface area contributed by atoms with Crippen LogP contribution in [0, 0.1) is 6.92 Å². The van der Waals surface area contributed by atoms with Crippen LogP contribution >= 0.6 is 0 Å². The molecule has 0 radical (unpaired) electrons. The normalized spacial score (nSPS) is 15.3. The van der Waals surface area contributed by atoms with E-state index in [0.29, 0.717) is 48.0 Å². The Morgan fingerprint density at radius 2 is 1.39 bits per heavy atom. The summed E-state index contributed by atoms with van der Waals surface area (Å²) in [7, 11) is -3.99. The molecule has 2 aromatic rings. The highest BCUT2D eigenvalue weighted by molar-refractivity contribution is 7.90. The van der Waals surface area contributed by atoms with Crippen molar-refractivity contribution < 1.29 is 22.8 Å². The number of ketones is 2. The molecule has 1 unspecified atom stereocenters. The van der Waals surface area contributed by atoms with Gasteiger partial charge in [-0.2, -0.15) is 0 Å². The van der Waals surface area contributed by atoms with Crippen molar-refractivity contribution in [3.8, 4) is 0 Å². The number of aryl methyl sites for hydroxylation is 1. The Morgan fingerprint density at radius 1 is 0.778 bits per heavy atom. The topological polar surface area (TPSA) is 97.4 Å². The second-order valence-corrected chi connectivity index (χ2v) is 11.0. The van der Waals surface area contributed by atoms with Gasteiger partial charge in [0, 0.05) is 22.3 Å². The highest BCUT2D eigenvalue weighted by atomic mass is 32.2. The summed E-state index contributed by atoms with van der Waals surface area (Å²) in [5.41, 5.74) is 3.79. The summed E-state index contributed by atoms with van der Waals surface area (Å²) in [4.78, 5) is 38.2. The van der Waals surface area contributed by atoms with Crippen LogP contribution < -0.4 is 4.72 Å². The Kier molecular flexibility index (Phi) is 8.79. The summed E-state index contributed by atoms with van der Waals surface area (Å²) in [6, 6.07) is 15.5. The second kappa shape index (κ2) is 11.6. The average molecular weight is 508 g/mol. The molecule has 0 saturated carbocycles. The van der Waals surface area contributed by atoms with Crippen LogP contribution in [0.4, 0.5) is 0 Å². The standard InChI is InChI=1S/C29H33NO5S/c1-19-15-17-24(18-16-19)36(34,35)30-29(33)26(23-11-7-5-8-12-23)14-10-6-9-13-25-22(4)27(31)20(2)21(3)28(25)32/h5,7-8,11-12,15-18,26H,6,9-10,13-14H2,1-4H3,(H,30,33). The van der Waals surface area contributed by atoms with Crippen molar-refractivity contribution in [2.45, 2.75) is 70.6 Å². The first kappa shape index (κ1) is 27.3. The highest BCUT2D eigenvalue weighted by Crippen LogP contribution is 2.29. The van der Waals surface area contributed by atoms with E-state index in [1.54, 1.807) is 32.9 Å². The van der Waals surface area contributed by atoms with Gasteiger partial charge < -0.3 is 0 Å². The maximum atomic E-state index is 13.1. The molecule has 0 fully saturated rings. The maximum Gasteiger partial charge on any atom is 0.264 e. The number of carbonyl (C=O) groups excluding carboxylic acids is 3. The Morgan fingerprint density at radius 3 is 2.03 bits per heavy atom. The molecule has 36 heavy (non-hydrogen) atoms. The van der Waals surface area contributed by atoms with Gasteiger partial charge in [0.15, 0.2) is 11.6 Å². The average Bonchev–Trinajstić information content (AvgIpc) is 2.86. The van der Waals surface area contributed by atoms with E-state index >= 15 is 0 Å². The number of benzene rings is 2. The molecule has 1 aliphatic carbocycles. The number of allylic oxidation sites excluding steroid dienone is 4. The van der Waals surface area contributed by atoms with Crippen LogP contribution in [0.15, 0.2) is 81.8 Å². The third-order valence-corrected chi connectivity index (χ3v) is 8.18. The smallest absolute Gasteiger partial charge is 0.264 e. The van der Waals surface area contributed by atoms with Crippen molar-refractivity contribution >= 4 is 27.5 Å². The number of rotatable bonds is 10. The number of unbranched alkanes of at least 4 members (excludes halogenated alkanes) is 2. The minimum Gasteiger partial charge on any atom is -0.289 e. The number of nitrogens with one attached hydrogen (secondary N) is 1. The molecule has 2 aromatic carbocycles. The molecule has 7 heteroatoms. The van der Waals surface area contributed by atoms with Gasteiger partial charge in [-0.1, -0.05) is 60.9 Å². The number of carbonyl (C=O) groups is 3. The van der Waals surface area contributed by atoms with Crippen LogP contribution in [0.1, 0.15) is 69.9 Å². The predicted octanol–water partition coefficient (Wildman–Crippen LogP) is 5.34. The maximum absolute atomic E-state index is 13.1. The molecule has 3 rings (SSSR count). The number of sulfonamides is 1. The molecule has 1 amide bonds. The molecule has 0 saturated heterocycles. The van der Waals surface area contributed by atoms with Gasteiger partial charge in [-0.3, -0.25) is 14.4 Å².